The van der Waals surface area contributed by atoms with Crippen LogP contribution in [0.1, 0.15) is 42.5 Å². The van der Waals surface area contributed by atoms with Gasteiger partial charge < -0.3 is 10.1 Å². The summed E-state index contributed by atoms with van der Waals surface area (Å²) in [7, 11) is 0. The van der Waals surface area contributed by atoms with Gasteiger partial charge in [-0.1, -0.05) is 11.6 Å². The maximum atomic E-state index is 12.7. The number of rotatable bonds is 2. The summed E-state index contributed by atoms with van der Waals surface area (Å²) in [6.07, 6.45) is 0.701. The second-order valence-corrected chi connectivity index (χ2v) is 8.71. The van der Waals surface area contributed by atoms with Crippen LogP contribution >= 0.6 is 11.6 Å². The normalized spacial score (nSPS) is 19.8. The molecule has 0 spiro atoms. The van der Waals surface area contributed by atoms with Gasteiger partial charge in [-0.15, -0.1) is 0 Å². The standard InChI is InChI=1S/C20H25ClN4O2/c1-20(2,3)24-6-7-25-16(11-24)10-17(23-25)19(26)22-15-9-13-8-14(21)4-5-18(13)27-12-15/h4-5,8,10,15H,6-7,9,11-12H2,1-3H3,(H,22,26). The number of hydrogen-bond acceptors (Lipinski definition) is 4. The monoisotopic (exact) mass is 388 g/mol. The SMILES string of the molecule is CC(C)(C)N1CCn2nc(C(=O)NC3COc4ccc(Cl)cc4C3)cc2C1. The van der Waals surface area contributed by atoms with Crippen molar-refractivity contribution in [3.8, 4) is 5.75 Å². The highest BCUT2D eigenvalue weighted by molar-refractivity contribution is 6.30. The minimum atomic E-state index is -0.154. The first-order chi connectivity index (χ1) is 12.8. The Morgan fingerprint density at radius 3 is 2.89 bits per heavy atom. The van der Waals surface area contributed by atoms with Gasteiger partial charge in [-0.3, -0.25) is 14.4 Å². The molecule has 2 aromatic rings. The maximum absolute atomic E-state index is 12.7. The molecule has 0 radical (unpaired) electrons. The van der Waals surface area contributed by atoms with Crippen LogP contribution in [-0.4, -0.2) is 45.3 Å². The second-order valence-electron chi connectivity index (χ2n) is 8.27. The van der Waals surface area contributed by atoms with Crippen LogP contribution in [0.3, 0.4) is 0 Å². The smallest absolute Gasteiger partial charge is 0.272 e. The third-order valence-electron chi connectivity index (χ3n) is 5.24. The van der Waals surface area contributed by atoms with Crippen LogP contribution in [-0.2, 0) is 19.5 Å². The summed E-state index contributed by atoms with van der Waals surface area (Å²) in [5.74, 6) is 0.683. The van der Waals surface area contributed by atoms with Crippen LogP contribution < -0.4 is 10.1 Å². The third-order valence-corrected chi connectivity index (χ3v) is 5.48. The van der Waals surface area contributed by atoms with E-state index in [1.165, 1.54) is 0 Å². The largest absolute Gasteiger partial charge is 0.491 e. The summed E-state index contributed by atoms with van der Waals surface area (Å²) in [5, 5.41) is 8.23. The van der Waals surface area contributed by atoms with Crippen molar-refractivity contribution in [2.24, 2.45) is 0 Å². The Balaban J connectivity index is 1.44. The number of nitrogens with one attached hydrogen (secondary N) is 1. The van der Waals surface area contributed by atoms with E-state index in [0.29, 0.717) is 23.7 Å². The zero-order valence-electron chi connectivity index (χ0n) is 16.0. The van der Waals surface area contributed by atoms with Gasteiger partial charge >= 0.3 is 0 Å². The number of hydrogen-bond donors (Lipinski definition) is 1. The minimum absolute atomic E-state index is 0.0896. The zero-order valence-corrected chi connectivity index (χ0v) is 16.7. The van der Waals surface area contributed by atoms with E-state index in [-0.39, 0.29) is 17.5 Å². The second kappa shape index (κ2) is 6.84. The van der Waals surface area contributed by atoms with Crippen molar-refractivity contribution in [1.82, 2.24) is 20.0 Å². The molecule has 3 heterocycles. The highest BCUT2D eigenvalue weighted by atomic mass is 35.5. The number of nitrogens with zero attached hydrogens (tertiary/aromatic N) is 3. The van der Waals surface area contributed by atoms with Crippen LogP contribution in [0.5, 0.6) is 5.75 Å². The number of fused-ring (bicyclic) bond motifs is 2. The number of halogens is 1. The quantitative estimate of drug-likeness (QED) is 0.859. The van der Waals surface area contributed by atoms with Gasteiger partial charge in [-0.2, -0.15) is 5.10 Å². The first-order valence-corrected chi connectivity index (χ1v) is 9.71. The number of ether oxygens (including phenoxy) is 1. The molecule has 6 nitrogen and oxygen atoms in total. The molecule has 0 aliphatic carbocycles. The van der Waals surface area contributed by atoms with E-state index >= 15 is 0 Å². The number of amides is 1. The molecule has 0 saturated heterocycles. The Morgan fingerprint density at radius 1 is 1.30 bits per heavy atom. The topological polar surface area (TPSA) is 59.4 Å². The van der Waals surface area contributed by atoms with Crippen molar-refractivity contribution in [3.05, 3.63) is 46.2 Å². The van der Waals surface area contributed by atoms with Gasteiger partial charge in [-0.25, -0.2) is 0 Å². The van der Waals surface area contributed by atoms with Gasteiger partial charge in [0.05, 0.1) is 18.3 Å². The fraction of sp³-hybridized carbons (Fsp3) is 0.500. The van der Waals surface area contributed by atoms with Gasteiger partial charge in [0.15, 0.2) is 5.69 Å². The number of aromatic nitrogens is 2. The fourth-order valence-corrected chi connectivity index (χ4v) is 3.86. The lowest BCUT2D eigenvalue weighted by molar-refractivity contribution is 0.0905. The average Bonchev–Trinajstić information content (AvgIpc) is 3.04. The molecule has 0 fully saturated rings. The Morgan fingerprint density at radius 2 is 2.11 bits per heavy atom. The molecular weight excluding hydrogens is 364 g/mol. The molecule has 1 aromatic carbocycles. The molecule has 27 heavy (non-hydrogen) atoms. The van der Waals surface area contributed by atoms with Gasteiger partial charge in [0, 0.05) is 23.7 Å². The molecule has 0 saturated carbocycles. The molecular formula is C20H25ClN4O2. The van der Waals surface area contributed by atoms with Crippen molar-refractivity contribution >= 4 is 17.5 Å². The lowest BCUT2D eigenvalue weighted by Gasteiger charge is -2.38. The number of benzene rings is 1. The Bertz CT molecular complexity index is 871. The van der Waals surface area contributed by atoms with E-state index < -0.39 is 0 Å². The molecule has 2 aliphatic rings. The fourth-order valence-electron chi connectivity index (χ4n) is 3.67. The molecule has 1 N–H and O–H groups in total. The molecule has 2 aliphatic heterocycles. The predicted molar refractivity (Wildman–Crippen MR) is 104 cm³/mol. The minimum Gasteiger partial charge on any atom is -0.491 e. The van der Waals surface area contributed by atoms with Gasteiger partial charge in [0.1, 0.15) is 12.4 Å². The number of carbonyl (C=O) groups is 1. The van der Waals surface area contributed by atoms with Gasteiger partial charge in [0.25, 0.3) is 5.91 Å². The number of carbonyl (C=O) groups excluding carboxylic acids is 1. The van der Waals surface area contributed by atoms with Crippen molar-refractivity contribution in [2.45, 2.75) is 51.9 Å². The van der Waals surface area contributed by atoms with Crippen LogP contribution in [0.25, 0.3) is 0 Å². The maximum Gasteiger partial charge on any atom is 0.272 e. The summed E-state index contributed by atoms with van der Waals surface area (Å²) in [6.45, 7) is 9.62. The molecule has 7 heteroatoms. The van der Waals surface area contributed by atoms with Crippen molar-refractivity contribution in [1.29, 1.82) is 0 Å². The summed E-state index contributed by atoms with van der Waals surface area (Å²) in [4.78, 5) is 15.1. The van der Waals surface area contributed by atoms with E-state index in [9.17, 15) is 4.79 Å². The van der Waals surface area contributed by atoms with Crippen LogP contribution in [0, 0.1) is 0 Å². The lowest BCUT2D eigenvalue weighted by atomic mass is 10.0. The van der Waals surface area contributed by atoms with E-state index in [4.69, 9.17) is 16.3 Å². The van der Waals surface area contributed by atoms with Crippen molar-refractivity contribution in [2.75, 3.05) is 13.2 Å². The molecule has 144 valence electrons. The third kappa shape index (κ3) is 3.82. The van der Waals surface area contributed by atoms with E-state index in [1.54, 1.807) is 0 Å². The summed E-state index contributed by atoms with van der Waals surface area (Å²) >= 11 is 6.07. The molecule has 1 amide bonds. The average molecular weight is 389 g/mol. The predicted octanol–water partition coefficient (Wildman–Crippen LogP) is 2.88. The molecule has 4 rings (SSSR count). The van der Waals surface area contributed by atoms with Gasteiger partial charge in [-0.05, 0) is 57.0 Å². The van der Waals surface area contributed by atoms with E-state index in [0.717, 1.165) is 36.6 Å². The molecule has 0 bridgehead atoms. The Kier molecular flexibility index (Phi) is 4.64. The van der Waals surface area contributed by atoms with E-state index in [1.807, 2.05) is 28.9 Å². The summed E-state index contributed by atoms with van der Waals surface area (Å²) < 4.78 is 7.70. The highest BCUT2D eigenvalue weighted by Crippen LogP contribution is 2.28. The summed E-state index contributed by atoms with van der Waals surface area (Å²) in [6, 6.07) is 7.40. The molecule has 1 unspecified atom stereocenters. The van der Waals surface area contributed by atoms with Crippen LogP contribution in [0.15, 0.2) is 24.3 Å². The van der Waals surface area contributed by atoms with Gasteiger partial charge in [0.2, 0.25) is 0 Å². The van der Waals surface area contributed by atoms with Crippen molar-refractivity contribution in [3.63, 3.8) is 0 Å². The first kappa shape index (κ1) is 18.3. The molecule has 1 aromatic heterocycles. The lowest BCUT2D eigenvalue weighted by Crippen LogP contribution is -2.45. The highest BCUT2D eigenvalue weighted by Gasteiger charge is 2.28. The van der Waals surface area contributed by atoms with Crippen molar-refractivity contribution < 1.29 is 9.53 Å². The Hall–Kier alpha value is -2.05. The molecule has 1 atom stereocenters. The van der Waals surface area contributed by atoms with Crippen LogP contribution in [0.4, 0.5) is 0 Å². The summed E-state index contributed by atoms with van der Waals surface area (Å²) in [5.41, 5.74) is 2.67. The van der Waals surface area contributed by atoms with E-state index in [2.05, 4.69) is 36.1 Å². The Labute approximate surface area is 164 Å². The first-order valence-electron chi connectivity index (χ1n) is 9.33. The zero-order chi connectivity index (χ0) is 19.2. The van der Waals surface area contributed by atoms with Crippen LogP contribution in [0.2, 0.25) is 5.02 Å².